The summed E-state index contributed by atoms with van der Waals surface area (Å²) >= 11 is 0. The lowest BCUT2D eigenvalue weighted by atomic mass is 10.1. The summed E-state index contributed by atoms with van der Waals surface area (Å²) in [6.07, 6.45) is 1.51. The van der Waals surface area contributed by atoms with Gasteiger partial charge in [-0.05, 0) is 30.7 Å². The Morgan fingerprint density at radius 3 is 2.12 bits per heavy atom. The molecule has 0 atom stereocenters. The molecule has 0 aliphatic heterocycles. The Kier molecular flexibility index (Phi) is 5.47. The van der Waals surface area contributed by atoms with E-state index in [9.17, 15) is 9.59 Å². The largest absolute Gasteiger partial charge is 0.493 e. The Morgan fingerprint density at radius 2 is 1.67 bits per heavy atom. The molecule has 0 fully saturated rings. The Balaban J connectivity index is 2.13. The molecule has 1 aromatic carbocycles. The Bertz CT molecular complexity index is 726. The third-order valence-electron chi connectivity index (χ3n) is 3.51. The van der Waals surface area contributed by atoms with Crippen LogP contribution in [0.25, 0.3) is 0 Å². The number of H-pyrrole nitrogens is 1. The number of aromatic amines is 1. The van der Waals surface area contributed by atoms with Crippen molar-refractivity contribution >= 4 is 11.7 Å². The first kappa shape index (κ1) is 17.4. The number of ketones is 1. The van der Waals surface area contributed by atoms with Gasteiger partial charge in [-0.1, -0.05) is 0 Å². The summed E-state index contributed by atoms with van der Waals surface area (Å²) in [7, 11) is 4.59. The maximum atomic E-state index is 12.1. The second-order valence-corrected chi connectivity index (χ2v) is 5.07. The summed E-state index contributed by atoms with van der Waals surface area (Å²) in [6.45, 7) is 1.71. The van der Waals surface area contributed by atoms with Crippen LogP contribution in [-0.2, 0) is 6.54 Å². The third-order valence-corrected chi connectivity index (χ3v) is 3.51. The van der Waals surface area contributed by atoms with E-state index < -0.39 is 0 Å². The number of carbonyl (C=O) groups is 2. The number of hydrogen-bond donors (Lipinski definition) is 2. The van der Waals surface area contributed by atoms with E-state index in [1.807, 2.05) is 0 Å². The second-order valence-electron chi connectivity index (χ2n) is 5.07. The molecule has 0 aliphatic carbocycles. The zero-order valence-electron chi connectivity index (χ0n) is 14.1. The number of aromatic nitrogens is 1. The lowest BCUT2D eigenvalue weighted by Gasteiger charge is -2.14. The van der Waals surface area contributed by atoms with E-state index in [1.165, 1.54) is 40.5 Å². The standard InChI is InChI=1S/C17H20N2O5/c1-10(20)12-7-13(18-9-12)17(21)19-8-11-5-14(22-2)16(24-4)15(6-11)23-3/h5-7,9,18H,8H2,1-4H3,(H,19,21). The molecule has 0 saturated heterocycles. The van der Waals surface area contributed by atoms with Crippen LogP contribution in [0.3, 0.4) is 0 Å². The lowest BCUT2D eigenvalue weighted by Crippen LogP contribution is -2.23. The predicted octanol–water partition coefficient (Wildman–Crippen LogP) is 2.17. The van der Waals surface area contributed by atoms with Crippen LogP contribution in [0.1, 0.15) is 33.3 Å². The van der Waals surface area contributed by atoms with Crippen LogP contribution in [0.15, 0.2) is 24.4 Å². The first-order chi connectivity index (χ1) is 11.5. The van der Waals surface area contributed by atoms with Gasteiger partial charge in [0.25, 0.3) is 5.91 Å². The number of rotatable bonds is 7. The zero-order chi connectivity index (χ0) is 17.7. The van der Waals surface area contributed by atoms with Gasteiger partial charge in [0.1, 0.15) is 5.69 Å². The van der Waals surface area contributed by atoms with Crippen molar-refractivity contribution < 1.29 is 23.8 Å². The first-order valence-electron chi connectivity index (χ1n) is 7.26. The molecule has 0 saturated carbocycles. The monoisotopic (exact) mass is 332 g/mol. The van der Waals surface area contributed by atoms with Gasteiger partial charge >= 0.3 is 0 Å². The molecule has 0 spiro atoms. The smallest absolute Gasteiger partial charge is 0.267 e. The maximum Gasteiger partial charge on any atom is 0.267 e. The number of amides is 1. The van der Waals surface area contributed by atoms with Gasteiger partial charge in [-0.15, -0.1) is 0 Å². The van der Waals surface area contributed by atoms with Gasteiger partial charge in [-0.3, -0.25) is 9.59 Å². The fourth-order valence-electron chi connectivity index (χ4n) is 2.24. The van der Waals surface area contributed by atoms with Gasteiger partial charge < -0.3 is 24.5 Å². The predicted molar refractivity (Wildman–Crippen MR) is 88.1 cm³/mol. The van der Waals surface area contributed by atoms with Gasteiger partial charge in [-0.2, -0.15) is 0 Å². The van der Waals surface area contributed by atoms with E-state index in [2.05, 4.69) is 10.3 Å². The Hall–Kier alpha value is -2.96. The maximum absolute atomic E-state index is 12.1. The van der Waals surface area contributed by atoms with Crippen molar-refractivity contribution in [2.45, 2.75) is 13.5 Å². The summed E-state index contributed by atoms with van der Waals surface area (Å²) in [4.78, 5) is 26.2. The van der Waals surface area contributed by atoms with Crippen LogP contribution in [0.5, 0.6) is 17.2 Å². The van der Waals surface area contributed by atoms with E-state index in [1.54, 1.807) is 12.1 Å². The highest BCUT2D eigenvalue weighted by molar-refractivity contribution is 5.99. The molecule has 2 N–H and O–H groups in total. The fraction of sp³-hybridized carbons (Fsp3) is 0.294. The molecular formula is C17H20N2O5. The van der Waals surface area contributed by atoms with Gasteiger partial charge in [0.15, 0.2) is 17.3 Å². The lowest BCUT2D eigenvalue weighted by molar-refractivity contribution is 0.0946. The fourth-order valence-corrected chi connectivity index (χ4v) is 2.24. The number of carbonyl (C=O) groups excluding carboxylic acids is 2. The average Bonchev–Trinajstić information content (AvgIpc) is 3.09. The Morgan fingerprint density at radius 1 is 1.04 bits per heavy atom. The number of methoxy groups -OCH3 is 3. The number of Topliss-reactive ketones (excluding diaryl/α,β-unsaturated/α-hetero) is 1. The van der Waals surface area contributed by atoms with Gasteiger partial charge in [0.05, 0.1) is 21.3 Å². The van der Waals surface area contributed by atoms with Crippen LogP contribution in [0, 0.1) is 0 Å². The summed E-state index contributed by atoms with van der Waals surface area (Å²) in [6, 6.07) is 5.04. The molecular weight excluding hydrogens is 312 g/mol. The van der Waals surface area contributed by atoms with Crippen LogP contribution in [-0.4, -0.2) is 38.0 Å². The molecule has 0 radical (unpaired) electrons. The van der Waals surface area contributed by atoms with E-state index in [4.69, 9.17) is 14.2 Å². The highest BCUT2D eigenvalue weighted by Crippen LogP contribution is 2.38. The minimum Gasteiger partial charge on any atom is -0.493 e. The summed E-state index contributed by atoms with van der Waals surface area (Å²) in [5.41, 5.74) is 1.58. The molecule has 0 bridgehead atoms. The third kappa shape index (κ3) is 3.68. The van der Waals surface area contributed by atoms with Crippen molar-refractivity contribution in [1.82, 2.24) is 10.3 Å². The van der Waals surface area contributed by atoms with Crippen molar-refractivity contribution in [3.05, 3.63) is 41.2 Å². The molecule has 2 rings (SSSR count). The van der Waals surface area contributed by atoms with Gasteiger partial charge in [0.2, 0.25) is 5.75 Å². The number of benzene rings is 1. The van der Waals surface area contributed by atoms with Gasteiger partial charge in [-0.25, -0.2) is 0 Å². The molecule has 24 heavy (non-hydrogen) atoms. The minimum atomic E-state index is -0.309. The summed E-state index contributed by atoms with van der Waals surface area (Å²) < 4.78 is 15.8. The molecule has 7 nitrogen and oxygen atoms in total. The van der Waals surface area contributed by atoms with E-state index in [-0.39, 0.29) is 18.2 Å². The number of ether oxygens (including phenoxy) is 3. The van der Waals surface area contributed by atoms with Crippen molar-refractivity contribution in [2.24, 2.45) is 0 Å². The van der Waals surface area contributed by atoms with E-state index >= 15 is 0 Å². The normalized spacial score (nSPS) is 10.2. The Labute approximate surface area is 139 Å². The van der Waals surface area contributed by atoms with Crippen LogP contribution in [0.2, 0.25) is 0 Å². The molecule has 0 unspecified atom stereocenters. The van der Waals surface area contributed by atoms with Crippen molar-refractivity contribution in [1.29, 1.82) is 0 Å². The highest BCUT2D eigenvalue weighted by atomic mass is 16.5. The second kappa shape index (κ2) is 7.54. The molecule has 1 heterocycles. The van der Waals surface area contributed by atoms with Crippen LogP contribution < -0.4 is 19.5 Å². The van der Waals surface area contributed by atoms with Crippen LogP contribution >= 0.6 is 0 Å². The SMILES string of the molecule is COc1cc(CNC(=O)c2cc(C(C)=O)c[nH]2)cc(OC)c1OC. The topological polar surface area (TPSA) is 89.7 Å². The summed E-state index contributed by atoms with van der Waals surface area (Å²) in [5.74, 6) is 1.11. The van der Waals surface area contributed by atoms with Crippen LogP contribution in [0.4, 0.5) is 0 Å². The highest BCUT2D eigenvalue weighted by Gasteiger charge is 2.15. The van der Waals surface area contributed by atoms with Crippen molar-refractivity contribution in [3.8, 4) is 17.2 Å². The number of nitrogens with one attached hydrogen (secondary N) is 2. The first-order valence-corrected chi connectivity index (χ1v) is 7.26. The number of hydrogen-bond acceptors (Lipinski definition) is 5. The molecule has 0 aliphatic rings. The average molecular weight is 332 g/mol. The quantitative estimate of drug-likeness (QED) is 0.759. The minimum absolute atomic E-state index is 0.102. The molecule has 7 heteroatoms. The molecule has 128 valence electrons. The summed E-state index contributed by atoms with van der Waals surface area (Å²) in [5, 5.41) is 2.77. The van der Waals surface area contributed by atoms with Gasteiger partial charge in [0, 0.05) is 18.3 Å². The van der Waals surface area contributed by atoms with Crippen molar-refractivity contribution in [2.75, 3.05) is 21.3 Å². The van der Waals surface area contributed by atoms with Crippen molar-refractivity contribution in [3.63, 3.8) is 0 Å². The van der Waals surface area contributed by atoms with E-state index in [0.29, 0.717) is 28.5 Å². The molecule has 1 amide bonds. The van der Waals surface area contributed by atoms with E-state index in [0.717, 1.165) is 5.56 Å². The molecule has 2 aromatic rings. The molecule has 1 aromatic heterocycles. The zero-order valence-corrected chi connectivity index (χ0v) is 14.1.